The van der Waals surface area contributed by atoms with E-state index in [0.29, 0.717) is 30.9 Å². The summed E-state index contributed by atoms with van der Waals surface area (Å²) in [5, 5.41) is 14.4. The molecule has 0 saturated heterocycles. The van der Waals surface area contributed by atoms with Crippen LogP contribution in [-0.2, 0) is 9.59 Å². The number of azide groups is 1. The van der Waals surface area contributed by atoms with Crippen LogP contribution in [-0.4, -0.2) is 47.6 Å². The molecule has 0 fully saturated rings. The second-order valence-electron chi connectivity index (χ2n) is 3.43. The number of thioether (sulfide) groups is 1. The fourth-order valence-corrected chi connectivity index (χ4v) is 1.91. The van der Waals surface area contributed by atoms with Crippen LogP contribution in [0.25, 0.3) is 10.4 Å². The molecule has 0 unspecified atom stereocenters. The summed E-state index contributed by atoms with van der Waals surface area (Å²) in [6, 6.07) is -0.854. The average Bonchev–Trinajstić information content (AvgIpc) is 2.33. The van der Waals surface area contributed by atoms with Gasteiger partial charge in [-0.2, -0.15) is 11.8 Å². The summed E-state index contributed by atoms with van der Waals surface area (Å²) in [5.74, 6) is -0.0944. The van der Waals surface area contributed by atoms with Crippen molar-refractivity contribution < 1.29 is 14.7 Å². The summed E-state index contributed by atoms with van der Waals surface area (Å²) in [7, 11) is 0. The predicted octanol–water partition coefficient (Wildman–Crippen LogP) is 0.338. The molecule has 0 spiro atoms. The molecule has 0 aliphatic rings. The minimum Gasteiger partial charge on any atom is -0.480 e. The summed E-state index contributed by atoms with van der Waals surface area (Å²) in [6.07, 6.45) is 1.02. The second-order valence-corrected chi connectivity index (χ2v) is 4.58. The van der Waals surface area contributed by atoms with Crippen LogP contribution in [0.4, 0.5) is 0 Å². The number of aliphatic carboxylic acids is 1. The minimum absolute atomic E-state index is 0.105. The third-order valence-electron chi connectivity index (χ3n) is 1.90. The largest absolute Gasteiger partial charge is 0.480 e. The van der Waals surface area contributed by atoms with Crippen molar-refractivity contribution in [2.45, 2.75) is 18.9 Å². The molecule has 102 valence electrons. The molecular formula is C9H17N5O3S. The Balaban J connectivity index is 3.40. The topological polar surface area (TPSA) is 141 Å². The van der Waals surface area contributed by atoms with Crippen molar-refractivity contribution in [2.75, 3.05) is 24.6 Å². The number of carboxylic acids is 1. The van der Waals surface area contributed by atoms with Gasteiger partial charge in [0.25, 0.3) is 0 Å². The summed E-state index contributed by atoms with van der Waals surface area (Å²) >= 11 is 1.41. The zero-order valence-corrected chi connectivity index (χ0v) is 10.7. The zero-order chi connectivity index (χ0) is 13.8. The lowest BCUT2D eigenvalue weighted by Crippen LogP contribution is -2.32. The standard InChI is InChI=1S/C9H17N5O3S/c10-7(9(16)17)6-18-5-1-2-8(15)12-3-4-13-14-11/h7H,1-6,10H2,(H,12,15)(H,16,17)/t7-/m1/s1. The molecule has 0 radical (unpaired) electrons. The molecule has 1 atom stereocenters. The highest BCUT2D eigenvalue weighted by Gasteiger charge is 2.10. The molecule has 0 bridgehead atoms. The van der Waals surface area contributed by atoms with E-state index in [0.717, 1.165) is 0 Å². The van der Waals surface area contributed by atoms with Gasteiger partial charge in [0.15, 0.2) is 0 Å². The Morgan fingerprint density at radius 3 is 2.89 bits per heavy atom. The molecular weight excluding hydrogens is 258 g/mol. The van der Waals surface area contributed by atoms with E-state index in [9.17, 15) is 9.59 Å². The van der Waals surface area contributed by atoms with Crippen LogP contribution in [0, 0.1) is 0 Å². The van der Waals surface area contributed by atoms with Crippen molar-refractivity contribution >= 4 is 23.6 Å². The van der Waals surface area contributed by atoms with Gasteiger partial charge in [0, 0.05) is 30.2 Å². The number of hydrogen-bond acceptors (Lipinski definition) is 5. The van der Waals surface area contributed by atoms with Crippen LogP contribution in [0.15, 0.2) is 5.11 Å². The van der Waals surface area contributed by atoms with Gasteiger partial charge < -0.3 is 16.2 Å². The number of rotatable bonds is 10. The van der Waals surface area contributed by atoms with Crippen LogP contribution >= 0.6 is 11.8 Å². The Morgan fingerprint density at radius 1 is 1.56 bits per heavy atom. The van der Waals surface area contributed by atoms with E-state index < -0.39 is 12.0 Å². The summed E-state index contributed by atoms with van der Waals surface area (Å²) in [4.78, 5) is 24.2. The van der Waals surface area contributed by atoms with Gasteiger partial charge >= 0.3 is 5.97 Å². The third kappa shape index (κ3) is 9.76. The maximum atomic E-state index is 11.2. The number of carbonyl (C=O) groups excluding carboxylic acids is 1. The second kappa shape index (κ2) is 10.7. The first-order chi connectivity index (χ1) is 8.57. The van der Waals surface area contributed by atoms with Gasteiger partial charge in [0.2, 0.25) is 5.91 Å². The SMILES string of the molecule is [N-]=[N+]=NCCNC(=O)CCCSC[C@@H](N)C(=O)O. The molecule has 18 heavy (non-hydrogen) atoms. The van der Waals surface area contributed by atoms with Crippen molar-refractivity contribution in [3.63, 3.8) is 0 Å². The molecule has 0 aromatic rings. The highest BCUT2D eigenvalue weighted by Crippen LogP contribution is 2.05. The van der Waals surface area contributed by atoms with Gasteiger partial charge in [-0.3, -0.25) is 9.59 Å². The molecule has 0 aromatic carbocycles. The molecule has 0 saturated carbocycles. The number of carbonyl (C=O) groups is 2. The number of amides is 1. The fourth-order valence-electron chi connectivity index (χ4n) is 0.995. The third-order valence-corrected chi connectivity index (χ3v) is 3.08. The highest BCUT2D eigenvalue weighted by atomic mass is 32.2. The van der Waals surface area contributed by atoms with Gasteiger partial charge in [-0.15, -0.1) is 0 Å². The smallest absolute Gasteiger partial charge is 0.321 e. The first-order valence-electron chi connectivity index (χ1n) is 5.41. The fraction of sp³-hybridized carbons (Fsp3) is 0.778. The molecule has 0 heterocycles. The maximum Gasteiger partial charge on any atom is 0.321 e. The van der Waals surface area contributed by atoms with E-state index in [1.807, 2.05) is 0 Å². The predicted molar refractivity (Wildman–Crippen MR) is 69.2 cm³/mol. The van der Waals surface area contributed by atoms with E-state index in [1.54, 1.807) is 0 Å². The van der Waals surface area contributed by atoms with Crippen molar-refractivity contribution in [1.82, 2.24) is 5.32 Å². The van der Waals surface area contributed by atoms with Crippen LogP contribution < -0.4 is 11.1 Å². The van der Waals surface area contributed by atoms with Gasteiger partial charge in [-0.1, -0.05) is 5.11 Å². The van der Waals surface area contributed by atoms with Crippen LogP contribution in [0.2, 0.25) is 0 Å². The van der Waals surface area contributed by atoms with Crippen molar-refractivity contribution in [1.29, 1.82) is 0 Å². The van der Waals surface area contributed by atoms with Crippen molar-refractivity contribution in [3.05, 3.63) is 10.4 Å². The first-order valence-corrected chi connectivity index (χ1v) is 6.57. The quantitative estimate of drug-likeness (QED) is 0.228. The zero-order valence-electron chi connectivity index (χ0n) is 9.91. The van der Waals surface area contributed by atoms with Crippen LogP contribution in [0.3, 0.4) is 0 Å². The van der Waals surface area contributed by atoms with Crippen molar-refractivity contribution in [2.24, 2.45) is 10.8 Å². The monoisotopic (exact) mass is 275 g/mol. The lowest BCUT2D eigenvalue weighted by molar-refractivity contribution is -0.137. The Kier molecular flexibility index (Phi) is 9.84. The number of nitrogens with two attached hydrogens (primary N) is 1. The minimum atomic E-state index is -1.02. The Labute approximate surface area is 109 Å². The average molecular weight is 275 g/mol. The maximum absolute atomic E-state index is 11.2. The normalized spacial score (nSPS) is 11.4. The molecule has 0 aliphatic heterocycles. The van der Waals surface area contributed by atoms with Gasteiger partial charge in [0.05, 0.1) is 0 Å². The molecule has 9 heteroatoms. The Morgan fingerprint density at radius 2 is 2.28 bits per heavy atom. The molecule has 4 N–H and O–H groups in total. The molecule has 0 rings (SSSR count). The van der Waals surface area contributed by atoms with Gasteiger partial charge in [0.1, 0.15) is 6.04 Å². The molecule has 1 amide bonds. The molecule has 8 nitrogen and oxygen atoms in total. The van der Waals surface area contributed by atoms with E-state index >= 15 is 0 Å². The van der Waals surface area contributed by atoms with E-state index in [4.69, 9.17) is 16.4 Å². The summed E-state index contributed by atoms with van der Waals surface area (Å²) in [5.41, 5.74) is 13.3. The molecule has 0 aromatic heterocycles. The highest BCUT2D eigenvalue weighted by molar-refractivity contribution is 7.99. The van der Waals surface area contributed by atoms with Gasteiger partial charge in [-0.05, 0) is 17.7 Å². The van der Waals surface area contributed by atoms with Crippen molar-refractivity contribution in [3.8, 4) is 0 Å². The van der Waals surface area contributed by atoms with E-state index in [-0.39, 0.29) is 12.5 Å². The van der Waals surface area contributed by atoms with E-state index in [2.05, 4.69) is 15.3 Å². The van der Waals surface area contributed by atoms with Gasteiger partial charge in [-0.25, -0.2) is 0 Å². The summed E-state index contributed by atoms with van der Waals surface area (Å²) in [6.45, 7) is 0.574. The van der Waals surface area contributed by atoms with Crippen LogP contribution in [0.1, 0.15) is 12.8 Å². The number of nitrogens with one attached hydrogen (secondary N) is 1. The van der Waals surface area contributed by atoms with E-state index in [1.165, 1.54) is 11.8 Å². The summed E-state index contributed by atoms with van der Waals surface area (Å²) < 4.78 is 0. The number of hydrogen-bond donors (Lipinski definition) is 3. The lowest BCUT2D eigenvalue weighted by atomic mass is 10.3. The lowest BCUT2D eigenvalue weighted by Gasteiger charge is -2.06. The Hall–Kier alpha value is -1.44. The first kappa shape index (κ1) is 16.6. The number of nitrogens with zero attached hydrogens (tertiary/aromatic N) is 3. The molecule has 0 aliphatic carbocycles. The Bertz CT molecular complexity index is 319. The van der Waals surface area contributed by atoms with Crippen LogP contribution in [0.5, 0.6) is 0 Å². The number of carboxylic acid groups (broad SMARTS) is 1.